The van der Waals surface area contributed by atoms with E-state index in [-0.39, 0.29) is 12.3 Å². The van der Waals surface area contributed by atoms with E-state index in [0.29, 0.717) is 13.5 Å². The minimum Gasteiger partial charge on any atom is -0.384 e. The average Bonchev–Trinajstić information content (AvgIpc) is 2.53. The topological polar surface area (TPSA) is 63.3 Å². The zero-order valence-corrected chi connectivity index (χ0v) is 6.95. The van der Waals surface area contributed by atoms with Gasteiger partial charge in [0.15, 0.2) is 5.78 Å². The smallest absolute Gasteiger partial charge is 0.196 e. The van der Waals surface area contributed by atoms with Gasteiger partial charge in [-0.25, -0.2) is 0 Å². The summed E-state index contributed by atoms with van der Waals surface area (Å²) in [5.41, 5.74) is 5.13. The van der Waals surface area contributed by atoms with Crippen LogP contribution in [0.1, 0.15) is 10.1 Å². The van der Waals surface area contributed by atoms with E-state index in [1.165, 1.54) is 0 Å². The highest BCUT2D eigenvalue weighted by atomic mass is 31.0. The Kier molecular flexibility index (Phi) is 2.83. The van der Waals surface area contributed by atoms with Crippen LogP contribution >= 0.6 is 8.19 Å². The van der Waals surface area contributed by atoms with Crippen molar-refractivity contribution in [3.8, 4) is 0 Å². The maximum Gasteiger partial charge on any atom is 0.196 e. The number of carbonyl (C=O) groups excluding carboxylic acids is 1. The van der Waals surface area contributed by atoms with Crippen molar-refractivity contribution in [1.82, 2.24) is 0 Å². The van der Waals surface area contributed by atoms with Crippen LogP contribution in [0.3, 0.4) is 0 Å². The SMILES string of the molecule is NCC(O)C(=O)c1ccc[pH]1. The van der Waals surface area contributed by atoms with Gasteiger partial charge < -0.3 is 10.8 Å². The first-order valence-corrected chi connectivity index (χ1v) is 4.39. The van der Waals surface area contributed by atoms with E-state index in [9.17, 15) is 4.79 Å². The number of nitrogens with two attached hydrogens (primary N) is 1. The van der Waals surface area contributed by atoms with Gasteiger partial charge in [-0.1, -0.05) is 6.07 Å². The summed E-state index contributed by atoms with van der Waals surface area (Å²) in [6.07, 6.45) is -1.02. The molecule has 2 unspecified atom stereocenters. The number of aliphatic hydroxyl groups is 1. The van der Waals surface area contributed by atoms with E-state index < -0.39 is 6.10 Å². The van der Waals surface area contributed by atoms with Crippen LogP contribution in [0.15, 0.2) is 17.9 Å². The van der Waals surface area contributed by atoms with Gasteiger partial charge in [0.25, 0.3) is 0 Å². The van der Waals surface area contributed by atoms with E-state index in [1.54, 1.807) is 6.07 Å². The molecule has 0 aromatic carbocycles. The molecule has 4 heteroatoms. The molecule has 11 heavy (non-hydrogen) atoms. The Balaban J connectivity index is 2.70. The van der Waals surface area contributed by atoms with Crippen LogP contribution in [0, 0.1) is 0 Å². The van der Waals surface area contributed by atoms with Gasteiger partial charge in [0, 0.05) is 11.8 Å². The summed E-state index contributed by atoms with van der Waals surface area (Å²) < 4.78 is 0. The third kappa shape index (κ3) is 1.90. The van der Waals surface area contributed by atoms with Gasteiger partial charge in [0.1, 0.15) is 6.10 Å². The molecule has 60 valence electrons. The lowest BCUT2D eigenvalue weighted by molar-refractivity contribution is 0.0767. The van der Waals surface area contributed by atoms with Crippen molar-refractivity contribution in [2.45, 2.75) is 6.10 Å². The Morgan fingerprint density at radius 2 is 2.55 bits per heavy atom. The number of ketones is 1. The van der Waals surface area contributed by atoms with E-state index in [2.05, 4.69) is 0 Å². The lowest BCUT2D eigenvalue weighted by atomic mass is 10.2. The van der Waals surface area contributed by atoms with Gasteiger partial charge in [0.2, 0.25) is 0 Å². The van der Waals surface area contributed by atoms with Crippen molar-refractivity contribution >= 4 is 14.0 Å². The fraction of sp³-hybridized carbons (Fsp3) is 0.286. The summed E-state index contributed by atoms with van der Waals surface area (Å²) in [5, 5.41) is 9.72. The third-order valence-corrected chi connectivity index (χ3v) is 2.47. The Morgan fingerprint density at radius 3 is 3.00 bits per heavy atom. The van der Waals surface area contributed by atoms with Gasteiger partial charge in [-0.2, -0.15) is 0 Å². The molecule has 0 spiro atoms. The molecule has 1 rings (SSSR count). The zero-order chi connectivity index (χ0) is 8.27. The molecular formula is C7H10NO2P. The molecule has 2 atom stereocenters. The van der Waals surface area contributed by atoms with E-state index in [4.69, 9.17) is 10.8 Å². The second-order valence-corrected chi connectivity index (χ2v) is 3.36. The number of hydrogen-bond acceptors (Lipinski definition) is 3. The summed E-state index contributed by atoms with van der Waals surface area (Å²) in [6.45, 7) is 0.000648. The molecule has 1 aromatic heterocycles. The van der Waals surface area contributed by atoms with Crippen LogP contribution in [-0.4, -0.2) is 23.5 Å². The van der Waals surface area contributed by atoms with Crippen molar-refractivity contribution in [3.63, 3.8) is 0 Å². The van der Waals surface area contributed by atoms with E-state index >= 15 is 0 Å². The Bertz CT molecular complexity index is 233. The minimum atomic E-state index is -1.02. The van der Waals surface area contributed by atoms with Crippen LogP contribution < -0.4 is 5.73 Å². The highest BCUT2D eigenvalue weighted by molar-refractivity contribution is 7.31. The minimum absolute atomic E-state index is 0.000648. The first-order chi connectivity index (χ1) is 5.25. The molecule has 0 amide bonds. The fourth-order valence-electron chi connectivity index (χ4n) is 0.770. The molecule has 3 N–H and O–H groups in total. The van der Waals surface area contributed by atoms with Gasteiger partial charge in [-0.3, -0.25) is 4.79 Å². The second-order valence-electron chi connectivity index (χ2n) is 2.20. The Morgan fingerprint density at radius 1 is 1.82 bits per heavy atom. The third-order valence-electron chi connectivity index (χ3n) is 1.39. The number of rotatable bonds is 3. The maximum absolute atomic E-state index is 11.1. The molecule has 0 aliphatic carbocycles. The van der Waals surface area contributed by atoms with Crippen molar-refractivity contribution in [1.29, 1.82) is 0 Å². The summed E-state index contributed by atoms with van der Waals surface area (Å²) in [4.78, 5) is 11.1. The van der Waals surface area contributed by atoms with Crippen LogP contribution in [0.4, 0.5) is 0 Å². The van der Waals surface area contributed by atoms with Gasteiger partial charge >= 0.3 is 0 Å². The van der Waals surface area contributed by atoms with Crippen LogP contribution in [0.2, 0.25) is 0 Å². The monoisotopic (exact) mass is 171 g/mol. The lowest BCUT2D eigenvalue weighted by Crippen LogP contribution is -2.28. The van der Waals surface area contributed by atoms with Crippen molar-refractivity contribution in [2.75, 3.05) is 6.54 Å². The number of hydrogen-bond donors (Lipinski definition) is 2. The molecule has 0 radical (unpaired) electrons. The molecule has 0 saturated carbocycles. The molecule has 1 heterocycles. The number of Topliss-reactive ketones (excluding diaryl/α,β-unsaturated/α-hetero) is 1. The molecule has 0 aliphatic heterocycles. The average molecular weight is 171 g/mol. The largest absolute Gasteiger partial charge is 0.384 e. The van der Waals surface area contributed by atoms with Crippen molar-refractivity contribution < 1.29 is 9.90 Å². The maximum atomic E-state index is 11.1. The van der Waals surface area contributed by atoms with Crippen LogP contribution in [-0.2, 0) is 0 Å². The fourth-order valence-corrected chi connectivity index (χ4v) is 1.64. The molecular weight excluding hydrogens is 161 g/mol. The summed E-state index contributed by atoms with van der Waals surface area (Å²) in [7, 11) is 0.391. The molecule has 1 aromatic rings. The summed E-state index contributed by atoms with van der Waals surface area (Å²) in [5.74, 6) is 1.66. The quantitative estimate of drug-likeness (QED) is 0.639. The lowest BCUT2D eigenvalue weighted by Gasteiger charge is -2.03. The van der Waals surface area contributed by atoms with Crippen LogP contribution in [0.5, 0.6) is 0 Å². The first-order valence-electron chi connectivity index (χ1n) is 3.31. The Hall–Kier alpha value is -0.630. The van der Waals surface area contributed by atoms with Crippen molar-refractivity contribution in [2.24, 2.45) is 5.73 Å². The predicted molar refractivity (Wildman–Crippen MR) is 45.3 cm³/mol. The van der Waals surface area contributed by atoms with Crippen molar-refractivity contribution in [3.05, 3.63) is 23.2 Å². The molecule has 0 aliphatic rings. The van der Waals surface area contributed by atoms with E-state index in [1.807, 2.05) is 11.9 Å². The molecule has 0 fully saturated rings. The standard InChI is InChI=1S/C7H10NO2P/c8-4-5(9)7(10)6-2-1-3-11-6/h1-3,5,9,11H,4,8H2. The number of carbonyl (C=O) groups is 1. The predicted octanol–water partition coefficient (Wildman–Crippen LogP) is 0.220. The molecule has 3 nitrogen and oxygen atoms in total. The normalized spacial score (nSPS) is 13.6. The number of aliphatic hydroxyl groups excluding tert-OH is 1. The van der Waals surface area contributed by atoms with Gasteiger partial charge in [-0.05, 0) is 11.9 Å². The van der Waals surface area contributed by atoms with Crippen LogP contribution in [0.25, 0.3) is 0 Å². The highest BCUT2D eigenvalue weighted by Crippen LogP contribution is 2.16. The van der Waals surface area contributed by atoms with Gasteiger partial charge in [-0.15, -0.1) is 8.19 Å². The molecule has 0 saturated heterocycles. The summed E-state index contributed by atoms with van der Waals surface area (Å²) in [6, 6.07) is 3.54. The Labute approximate surface area is 66.3 Å². The molecule has 0 bridgehead atoms. The second kappa shape index (κ2) is 3.67. The van der Waals surface area contributed by atoms with E-state index in [0.717, 1.165) is 0 Å². The van der Waals surface area contributed by atoms with Gasteiger partial charge in [0.05, 0.1) is 0 Å². The highest BCUT2D eigenvalue weighted by Gasteiger charge is 2.14. The summed E-state index contributed by atoms with van der Waals surface area (Å²) >= 11 is 0. The first kappa shape index (κ1) is 8.47. The zero-order valence-electron chi connectivity index (χ0n) is 5.95.